The molecule has 8 nitrogen and oxygen atoms in total. The van der Waals surface area contributed by atoms with Crippen LogP contribution < -0.4 is 21.5 Å². The van der Waals surface area contributed by atoms with Crippen LogP contribution in [0.15, 0.2) is 16.4 Å². The average molecular weight is 362 g/mol. The van der Waals surface area contributed by atoms with E-state index in [0.717, 1.165) is 38.0 Å². The Morgan fingerprint density at radius 2 is 2.24 bits per heavy atom. The first-order valence-electron chi connectivity index (χ1n) is 8.31. The summed E-state index contributed by atoms with van der Waals surface area (Å²) in [5.41, 5.74) is 8.16. The zero-order chi connectivity index (χ0) is 17.8. The molecule has 1 amide bonds. The number of aromatic nitrogens is 3. The van der Waals surface area contributed by atoms with E-state index in [9.17, 15) is 9.59 Å². The van der Waals surface area contributed by atoms with Gasteiger partial charge >= 0.3 is 0 Å². The third-order valence-corrected chi connectivity index (χ3v) is 5.35. The van der Waals surface area contributed by atoms with E-state index in [4.69, 9.17) is 5.73 Å². The topological polar surface area (TPSA) is 117 Å². The molecule has 3 rings (SSSR count). The fourth-order valence-corrected chi connectivity index (χ4v) is 3.75. The van der Waals surface area contributed by atoms with Crippen molar-refractivity contribution in [1.82, 2.24) is 20.3 Å². The molecule has 4 N–H and O–H groups in total. The Labute approximate surface area is 149 Å². The number of piperidine rings is 1. The summed E-state index contributed by atoms with van der Waals surface area (Å²) in [4.78, 5) is 37.6. The van der Waals surface area contributed by atoms with Gasteiger partial charge in [-0.25, -0.2) is 4.98 Å². The second-order valence-electron chi connectivity index (χ2n) is 6.18. The van der Waals surface area contributed by atoms with Crippen molar-refractivity contribution < 1.29 is 4.79 Å². The van der Waals surface area contributed by atoms with Gasteiger partial charge in [0.2, 0.25) is 11.9 Å². The second-order valence-corrected chi connectivity index (χ2v) is 7.12. The zero-order valence-electron chi connectivity index (χ0n) is 14.1. The van der Waals surface area contributed by atoms with Gasteiger partial charge in [0.1, 0.15) is 5.82 Å². The lowest BCUT2D eigenvalue weighted by molar-refractivity contribution is -0.121. The number of H-pyrrole nitrogens is 1. The number of hydrogen-bond donors (Lipinski definition) is 3. The van der Waals surface area contributed by atoms with Gasteiger partial charge in [0.25, 0.3) is 5.56 Å². The number of nitrogens with two attached hydrogens (primary N) is 1. The molecule has 0 aliphatic carbocycles. The number of nitrogens with one attached hydrogen (secondary N) is 2. The Kier molecular flexibility index (Phi) is 5.32. The van der Waals surface area contributed by atoms with Crippen molar-refractivity contribution in [2.75, 3.05) is 23.7 Å². The number of rotatable bonds is 5. The van der Waals surface area contributed by atoms with Crippen LogP contribution in [0.2, 0.25) is 0 Å². The summed E-state index contributed by atoms with van der Waals surface area (Å²) in [7, 11) is 0. The third kappa shape index (κ3) is 4.56. The second kappa shape index (κ2) is 7.64. The van der Waals surface area contributed by atoms with E-state index in [1.54, 1.807) is 11.3 Å². The summed E-state index contributed by atoms with van der Waals surface area (Å²) in [5.74, 6) is 0.785. The van der Waals surface area contributed by atoms with E-state index < -0.39 is 0 Å². The van der Waals surface area contributed by atoms with Gasteiger partial charge in [-0.3, -0.25) is 14.6 Å². The van der Waals surface area contributed by atoms with Crippen molar-refractivity contribution in [3.63, 3.8) is 0 Å². The molecule has 134 valence electrons. The van der Waals surface area contributed by atoms with E-state index in [2.05, 4.69) is 20.3 Å². The van der Waals surface area contributed by atoms with Gasteiger partial charge in [0.05, 0.1) is 11.2 Å². The predicted octanol–water partition coefficient (Wildman–Crippen LogP) is 0.835. The number of anilines is 2. The summed E-state index contributed by atoms with van der Waals surface area (Å²) in [5, 5.41) is 3.10. The molecule has 0 atom stereocenters. The maximum absolute atomic E-state index is 12.1. The van der Waals surface area contributed by atoms with Crippen molar-refractivity contribution in [3.8, 4) is 0 Å². The van der Waals surface area contributed by atoms with E-state index in [-0.39, 0.29) is 23.5 Å². The standard InChI is InChI=1S/C16H22N6O2S/c1-10-12(25-9-18-10)2-3-14(23)19-11-4-6-22(7-5-11)13-8-15(24)21-16(17)20-13/h8-9,11H,2-7H2,1H3,(H,19,23)(H3,17,20,21,24). The van der Waals surface area contributed by atoms with Crippen molar-refractivity contribution >= 4 is 29.0 Å². The molecule has 2 aromatic rings. The van der Waals surface area contributed by atoms with Crippen LogP contribution in [0.1, 0.15) is 29.8 Å². The SMILES string of the molecule is Cc1ncsc1CCC(=O)NC1CCN(c2cc(=O)[nH]c(N)n2)CC1. The van der Waals surface area contributed by atoms with Gasteiger partial charge in [0, 0.05) is 36.5 Å². The third-order valence-electron chi connectivity index (χ3n) is 4.35. The van der Waals surface area contributed by atoms with Crippen LogP contribution in [0.25, 0.3) is 0 Å². The molecule has 1 saturated heterocycles. The fourth-order valence-electron chi connectivity index (χ4n) is 2.97. The van der Waals surface area contributed by atoms with E-state index in [1.807, 2.05) is 17.3 Å². The van der Waals surface area contributed by atoms with Gasteiger partial charge in [0.15, 0.2) is 0 Å². The highest BCUT2D eigenvalue weighted by molar-refractivity contribution is 7.09. The number of thiazole rings is 1. The van der Waals surface area contributed by atoms with Gasteiger partial charge in [-0.2, -0.15) is 4.98 Å². The Morgan fingerprint density at radius 3 is 2.88 bits per heavy atom. The Bertz CT molecular complexity index is 794. The molecule has 0 radical (unpaired) electrons. The largest absolute Gasteiger partial charge is 0.369 e. The van der Waals surface area contributed by atoms with E-state index in [0.29, 0.717) is 12.2 Å². The predicted molar refractivity (Wildman–Crippen MR) is 97.8 cm³/mol. The minimum Gasteiger partial charge on any atom is -0.369 e. The summed E-state index contributed by atoms with van der Waals surface area (Å²) in [6, 6.07) is 1.61. The van der Waals surface area contributed by atoms with Crippen LogP contribution in [0.3, 0.4) is 0 Å². The minimum absolute atomic E-state index is 0.0739. The van der Waals surface area contributed by atoms with Gasteiger partial charge in [-0.1, -0.05) is 0 Å². The lowest BCUT2D eigenvalue weighted by Gasteiger charge is -2.33. The Morgan fingerprint density at radius 1 is 1.48 bits per heavy atom. The summed E-state index contributed by atoms with van der Waals surface area (Å²) >= 11 is 1.59. The molecule has 0 unspecified atom stereocenters. The molecule has 1 fully saturated rings. The van der Waals surface area contributed by atoms with Crippen LogP contribution >= 0.6 is 11.3 Å². The monoisotopic (exact) mass is 362 g/mol. The van der Waals surface area contributed by atoms with Crippen molar-refractivity contribution in [2.45, 2.75) is 38.6 Å². The number of nitrogen functional groups attached to an aromatic ring is 1. The number of carbonyl (C=O) groups is 1. The first-order valence-corrected chi connectivity index (χ1v) is 9.19. The highest BCUT2D eigenvalue weighted by atomic mass is 32.1. The quantitative estimate of drug-likeness (QED) is 0.725. The normalized spacial score (nSPS) is 15.3. The molecule has 1 aliphatic rings. The summed E-state index contributed by atoms with van der Waals surface area (Å²) in [6.45, 7) is 3.43. The number of nitrogens with zero attached hydrogens (tertiary/aromatic N) is 3. The van der Waals surface area contributed by atoms with Crippen LogP contribution in [-0.4, -0.2) is 40.0 Å². The zero-order valence-corrected chi connectivity index (χ0v) is 14.9. The minimum atomic E-state index is -0.253. The molecule has 25 heavy (non-hydrogen) atoms. The van der Waals surface area contributed by atoms with Crippen molar-refractivity contribution in [2.24, 2.45) is 0 Å². The Hall–Kier alpha value is -2.42. The summed E-state index contributed by atoms with van der Waals surface area (Å²) in [6.07, 6.45) is 2.85. The first kappa shape index (κ1) is 17.4. The molecule has 3 heterocycles. The first-order chi connectivity index (χ1) is 12.0. The number of aromatic amines is 1. The maximum atomic E-state index is 12.1. The van der Waals surface area contributed by atoms with Crippen LogP contribution in [-0.2, 0) is 11.2 Å². The molecule has 0 bridgehead atoms. The fraction of sp³-hybridized carbons (Fsp3) is 0.500. The number of carbonyl (C=O) groups excluding carboxylic acids is 1. The van der Waals surface area contributed by atoms with Crippen molar-refractivity contribution in [3.05, 3.63) is 32.5 Å². The molecule has 0 aromatic carbocycles. The number of amides is 1. The highest BCUT2D eigenvalue weighted by Gasteiger charge is 2.22. The molecule has 0 saturated carbocycles. The van der Waals surface area contributed by atoms with Crippen molar-refractivity contribution in [1.29, 1.82) is 0 Å². The average Bonchev–Trinajstić information content (AvgIpc) is 2.98. The van der Waals surface area contributed by atoms with Crippen LogP contribution in [0.5, 0.6) is 0 Å². The van der Waals surface area contributed by atoms with Gasteiger partial charge in [-0.15, -0.1) is 11.3 Å². The Balaban J connectivity index is 1.46. The number of hydrogen-bond acceptors (Lipinski definition) is 7. The summed E-state index contributed by atoms with van der Waals surface area (Å²) < 4.78 is 0. The highest BCUT2D eigenvalue weighted by Crippen LogP contribution is 2.18. The molecular weight excluding hydrogens is 340 g/mol. The van der Waals surface area contributed by atoms with Crippen LogP contribution in [0, 0.1) is 6.92 Å². The lowest BCUT2D eigenvalue weighted by Crippen LogP contribution is -2.45. The molecule has 0 spiro atoms. The van der Waals surface area contributed by atoms with Gasteiger partial charge < -0.3 is 16.0 Å². The maximum Gasteiger partial charge on any atom is 0.254 e. The van der Waals surface area contributed by atoms with E-state index in [1.165, 1.54) is 10.9 Å². The molecular formula is C16H22N6O2S. The molecule has 1 aliphatic heterocycles. The molecule has 9 heteroatoms. The number of aryl methyl sites for hydroxylation is 2. The van der Waals surface area contributed by atoms with E-state index >= 15 is 0 Å². The smallest absolute Gasteiger partial charge is 0.254 e. The van der Waals surface area contributed by atoms with Crippen LogP contribution in [0.4, 0.5) is 11.8 Å². The molecule has 2 aromatic heterocycles. The lowest BCUT2D eigenvalue weighted by atomic mass is 10.0. The van der Waals surface area contributed by atoms with Gasteiger partial charge in [-0.05, 0) is 26.2 Å².